The van der Waals surface area contributed by atoms with Crippen molar-refractivity contribution in [3.05, 3.63) is 35.9 Å². The van der Waals surface area contributed by atoms with Crippen molar-refractivity contribution in [3.8, 4) is 0 Å². The number of carbonyl (C=O) groups is 3. The number of carboxylic acid groups (broad SMARTS) is 2. The molecule has 2 rings (SSSR count). The first-order valence-electron chi connectivity index (χ1n) is 7.38. The molecule has 3 N–H and O–H groups in total. The van der Waals surface area contributed by atoms with Crippen molar-refractivity contribution in [2.45, 2.75) is 38.3 Å². The molecule has 124 valence electrons. The number of carbonyl (C=O) groups excluding carboxylic acids is 1. The fourth-order valence-corrected chi connectivity index (χ4v) is 2.71. The van der Waals surface area contributed by atoms with E-state index in [-0.39, 0.29) is 25.5 Å². The van der Waals surface area contributed by atoms with Crippen LogP contribution in [0.2, 0.25) is 0 Å². The maximum Gasteiger partial charge on any atom is 0.407 e. The molecule has 1 aliphatic rings. The molecule has 0 bridgehead atoms. The van der Waals surface area contributed by atoms with Crippen molar-refractivity contribution in [3.63, 3.8) is 0 Å². The van der Waals surface area contributed by atoms with E-state index in [1.807, 2.05) is 30.3 Å². The van der Waals surface area contributed by atoms with Gasteiger partial charge in [-0.1, -0.05) is 30.3 Å². The van der Waals surface area contributed by atoms with E-state index >= 15 is 0 Å². The van der Waals surface area contributed by atoms with E-state index in [0.29, 0.717) is 12.8 Å². The van der Waals surface area contributed by atoms with Gasteiger partial charge in [-0.3, -0.25) is 9.59 Å². The van der Waals surface area contributed by atoms with Crippen LogP contribution in [0.5, 0.6) is 0 Å². The highest BCUT2D eigenvalue weighted by Gasteiger charge is 2.49. The molecule has 1 saturated carbocycles. The average molecular weight is 321 g/mol. The Kier molecular flexibility index (Phi) is 5.20. The second-order valence-electron chi connectivity index (χ2n) is 5.67. The van der Waals surface area contributed by atoms with Crippen molar-refractivity contribution in [1.82, 2.24) is 5.32 Å². The highest BCUT2D eigenvalue weighted by molar-refractivity contribution is 5.98. The van der Waals surface area contributed by atoms with E-state index in [1.54, 1.807) is 0 Å². The molecule has 7 heteroatoms. The number of hydrogen-bond acceptors (Lipinski definition) is 4. The maximum atomic E-state index is 11.7. The Morgan fingerprint density at radius 1 is 1.09 bits per heavy atom. The zero-order valence-electron chi connectivity index (χ0n) is 12.5. The number of rotatable bonds is 5. The second kappa shape index (κ2) is 7.13. The van der Waals surface area contributed by atoms with Crippen molar-refractivity contribution >= 4 is 18.0 Å². The molecule has 0 spiro atoms. The van der Waals surface area contributed by atoms with Crippen LogP contribution in [0.4, 0.5) is 4.79 Å². The largest absolute Gasteiger partial charge is 0.480 e. The van der Waals surface area contributed by atoms with Gasteiger partial charge in [0.05, 0.1) is 0 Å². The van der Waals surface area contributed by atoms with Crippen molar-refractivity contribution in [2.24, 2.45) is 5.41 Å². The van der Waals surface area contributed by atoms with Gasteiger partial charge in [0.15, 0.2) is 5.41 Å². The van der Waals surface area contributed by atoms with Crippen LogP contribution in [0, 0.1) is 5.41 Å². The van der Waals surface area contributed by atoms with Crippen LogP contribution in [-0.2, 0) is 20.9 Å². The van der Waals surface area contributed by atoms with Crippen molar-refractivity contribution < 1.29 is 29.3 Å². The van der Waals surface area contributed by atoms with E-state index in [1.165, 1.54) is 0 Å². The summed E-state index contributed by atoms with van der Waals surface area (Å²) in [7, 11) is 0. The van der Waals surface area contributed by atoms with Crippen LogP contribution in [0.15, 0.2) is 30.3 Å². The molecule has 1 aromatic carbocycles. The molecule has 0 saturated heterocycles. The molecular formula is C16H19NO6. The topological polar surface area (TPSA) is 113 Å². The highest BCUT2D eigenvalue weighted by atomic mass is 16.5. The molecule has 7 nitrogen and oxygen atoms in total. The zero-order valence-corrected chi connectivity index (χ0v) is 12.5. The molecular weight excluding hydrogens is 302 g/mol. The summed E-state index contributed by atoms with van der Waals surface area (Å²) in [4.78, 5) is 34.2. The van der Waals surface area contributed by atoms with E-state index in [4.69, 9.17) is 14.9 Å². The minimum atomic E-state index is -1.74. The fraction of sp³-hybridized carbons (Fsp3) is 0.438. The zero-order chi connectivity index (χ0) is 16.9. The lowest BCUT2D eigenvalue weighted by molar-refractivity contribution is -0.167. The minimum Gasteiger partial charge on any atom is -0.480 e. The lowest BCUT2D eigenvalue weighted by Gasteiger charge is -2.33. The summed E-state index contributed by atoms with van der Waals surface area (Å²) in [6.07, 6.45) is -0.0299. The van der Waals surface area contributed by atoms with Crippen LogP contribution in [0.1, 0.15) is 31.2 Å². The SMILES string of the molecule is O=C(NC1CCC(C(=O)O)(C(=O)O)CC1)OCc1ccccc1. The molecule has 1 aromatic rings. The maximum absolute atomic E-state index is 11.7. The number of aliphatic carboxylic acids is 2. The molecule has 1 fully saturated rings. The third-order valence-corrected chi connectivity index (χ3v) is 4.19. The van der Waals surface area contributed by atoms with E-state index in [9.17, 15) is 14.4 Å². The smallest absolute Gasteiger partial charge is 0.407 e. The summed E-state index contributed by atoms with van der Waals surface area (Å²) in [5.74, 6) is -2.65. The van der Waals surface area contributed by atoms with E-state index in [2.05, 4.69) is 5.32 Å². The van der Waals surface area contributed by atoms with Crippen molar-refractivity contribution in [1.29, 1.82) is 0 Å². The predicted octanol–water partition coefficient (Wildman–Crippen LogP) is 2.01. The molecule has 0 radical (unpaired) electrons. The Labute approximate surface area is 133 Å². The summed E-state index contributed by atoms with van der Waals surface area (Å²) >= 11 is 0. The third kappa shape index (κ3) is 4.00. The van der Waals surface area contributed by atoms with Crippen LogP contribution in [-0.4, -0.2) is 34.3 Å². The molecule has 0 aromatic heterocycles. The third-order valence-electron chi connectivity index (χ3n) is 4.19. The van der Waals surface area contributed by atoms with Gasteiger partial charge in [-0.25, -0.2) is 4.79 Å². The Bertz CT molecular complexity index is 561. The first-order valence-corrected chi connectivity index (χ1v) is 7.38. The average Bonchev–Trinajstić information content (AvgIpc) is 2.54. The van der Waals surface area contributed by atoms with Crippen LogP contribution in [0.3, 0.4) is 0 Å². The fourth-order valence-electron chi connectivity index (χ4n) is 2.71. The molecule has 0 aliphatic heterocycles. The van der Waals surface area contributed by atoms with Gasteiger partial charge < -0.3 is 20.3 Å². The standard InChI is InChI=1S/C16H19NO6/c18-13(19)16(14(20)21)8-6-12(7-9-16)17-15(22)23-10-11-4-2-1-3-5-11/h1-5,12H,6-10H2,(H,17,22)(H,18,19)(H,20,21). The van der Waals surface area contributed by atoms with Crippen molar-refractivity contribution in [2.75, 3.05) is 0 Å². The summed E-state index contributed by atoms with van der Waals surface area (Å²) < 4.78 is 5.10. The van der Waals surface area contributed by atoms with E-state index in [0.717, 1.165) is 5.56 Å². The molecule has 23 heavy (non-hydrogen) atoms. The number of alkyl carbamates (subject to hydrolysis) is 1. The van der Waals surface area contributed by atoms with Gasteiger partial charge in [-0.05, 0) is 31.2 Å². The van der Waals surface area contributed by atoms with E-state index < -0.39 is 23.4 Å². The van der Waals surface area contributed by atoms with Gasteiger partial charge in [0, 0.05) is 6.04 Å². The first kappa shape index (κ1) is 16.8. The lowest BCUT2D eigenvalue weighted by Crippen LogP contribution is -2.47. The Hall–Kier alpha value is -2.57. The molecule has 0 heterocycles. The number of hydrogen-bond donors (Lipinski definition) is 3. The Morgan fingerprint density at radius 3 is 2.17 bits per heavy atom. The summed E-state index contributed by atoms with van der Waals surface area (Å²) in [5.41, 5.74) is -0.881. The normalized spacial score (nSPS) is 17.2. The summed E-state index contributed by atoms with van der Waals surface area (Å²) in [6, 6.07) is 8.95. The van der Waals surface area contributed by atoms with Gasteiger partial charge >= 0.3 is 18.0 Å². The van der Waals surface area contributed by atoms with Crippen LogP contribution in [0.25, 0.3) is 0 Å². The molecule has 0 atom stereocenters. The molecule has 1 amide bonds. The van der Waals surface area contributed by atoms with Crippen LogP contribution >= 0.6 is 0 Å². The quantitative estimate of drug-likeness (QED) is 0.715. The number of benzene rings is 1. The van der Waals surface area contributed by atoms with Gasteiger partial charge in [0.2, 0.25) is 0 Å². The summed E-state index contributed by atoms with van der Waals surface area (Å²) in [6.45, 7) is 0.146. The lowest BCUT2D eigenvalue weighted by atomic mass is 9.72. The van der Waals surface area contributed by atoms with Gasteiger partial charge in [-0.2, -0.15) is 0 Å². The highest BCUT2D eigenvalue weighted by Crippen LogP contribution is 2.37. The van der Waals surface area contributed by atoms with Crippen LogP contribution < -0.4 is 5.32 Å². The second-order valence-corrected chi connectivity index (χ2v) is 5.67. The minimum absolute atomic E-state index is 0.0126. The number of amides is 1. The first-order chi connectivity index (χ1) is 10.9. The number of carboxylic acids is 2. The van der Waals surface area contributed by atoms with Gasteiger partial charge in [-0.15, -0.1) is 0 Å². The Balaban J connectivity index is 1.81. The molecule has 1 aliphatic carbocycles. The monoisotopic (exact) mass is 321 g/mol. The number of nitrogens with one attached hydrogen (secondary N) is 1. The van der Waals surface area contributed by atoms with Gasteiger partial charge in [0.25, 0.3) is 0 Å². The Morgan fingerprint density at radius 2 is 1.65 bits per heavy atom. The molecule has 0 unspecified atom stereocenters. The summed E-state index contributed by atoms with van der Waals surface area (Å²) in [5, 5.41) is 20.9. The predicted molar refractivity (Wildman–Crippen MR) is 79.7 cm³/mol. The number of ether oxygens (including phenoxy) is 1. The van der Waals surface area contributed by atoms with Gasteiger partial charge in [0.1, 0.15) is 6.61 Å².